The van der Waals surface area contributed by atoms with E-state index in [0.29, 0.717) is 0 Å². The average molecular weight is 202 g/mol. The van der Waals surface area contributed by atoms with E-state index in [-0.39, 0.29) is 17.7 Å². The Hall–Kier alpha value is -1.49. The van der Waals surface area contributed by atoms with Gasteiger partial charge in [-0.3, -0.25) is 0 Å². The van der Waals surface area contributed by atoms with Gasteiger partial charge in [0.25, 0.3) is 0 Å². The Morgan fingerprint density at radius 1 is 1.50 bits per heavy atom. The van der Waals surface area contributed by atoms with Gasteiger partial charge < -0.3 is 9.84 Å². The van der Waals surface area contributed by atoms with E-state index < -0.39 is 17.6 Å². The second-order valence-electron chi connectivity index (χ2n) is 2.63. The van der Waals surface area contributed by atoms with Crippen molar-refractivity contribution < 1.29 is 23.4 Å². The number of rotatable bonds is 3. The van der Waals surface area contributed by atoms with Crippen molar-refractivity contribution in [2.24, 2.45) is 0 Å². The fourth-order valence-corrected chi connectivity index (χ4v) is 1.08. The predicted molar refractivity (Wildman–Crippen MR) is 44.0 cm³/mol. The van der Waals surface area contributed by atoms with Gasteiger partial charge >= 0.3 is 5.97 Å². The molecule has 0 aliphatic rings. The van der Waals surface area contributed by atoms with E-state index in [1.54, 1.807) is 0 Å². The number of halogens is 2. The number of benzene rings is 1. The smallest absolute Gasteiger partial charge is 0.336 e. The second-order valence-corrected chi connectivity index (χ2v) is 2.63. The molecule has 0 radical (unpaired) electrons. The number of ether oxygens (including phenoxy) is 1. The lowest BCUT2D eigenvalue weighted by atomic mass is 10.1. The third-order valence-corrected chi connectivity index (χ3v) is 1.72. The van der Waals surface area contributed by atoms with E-state index in [2.05, 4.69) is 4.74 Å². The first-order valence-electron chi connectivity index (χ1n) is 3.77. The molecular weight excluding hydrogens is 194 g/mol. The first-order chi connectivity index (χ1) is 6.57. The fourth-order valence-electron chi connectivity index (χ4n) is 1.08. The lowest BCUT2D eigenvalue weighted by Gasteiger charge is -2.06. The van der Waals surface area contributed by atoms with Crippen molar-refractivity contribution in [1.82, 2.24) is 0 Å². The zero-order valence-electron chi connectivity index (χ0n) is 7.38. The largest absolute Gasteiger partial charge is 0.478 e. The lowest BCUT2D eigenvalue weighted by Crippen LogP contribution is -2.07. The molecule has 76 valence electrons. The molecule has 0 unspecified atom stereocenters. The number of carbonyl (C=O) groups is 1. The molecule has 0 bridgehead atoms. The topological polar surface area (TPSA) is 46.5 Å². The van der Waals surface area contributed by atoms with E-state index in [1.165, 1.54) is 7.11 Å². The van der Waals surface area contributed by atoms with Crippen LogP contribution in [0.25, 0.3) is 0 Å². The molecule has 0 aliphatic heterocycles. The van der Waals surface area contributed by atoms with Crippen LogP contribution in [0.4, 0.5) is 8.78 Å². The van der Waals surface area contributed by atoms with E-state index in [0.717, 1.165) is 12.1 Å². The molecule has 0 amide bonds. The van der Waals surface area contributed by atoms with Crippen molar-refractivity contribution in [3.05, 3.63) is 34.9 Å². The number of hydrogen-bond acceptors (Lipinski definition) is 2. The predicted octanol–water partition coefficient (Wildman–Crippen LogP) is 1.81. The maximum absolute atomic E-state index is 13.1. The molecule has 14 heavy (non-hydrogen) atoms. The monoisotopic (exact) mass is 202 g/mol. The van der Waals surface area contributed by atoms with E-state index in [9.17, 15) is 13.6 Å². The van der Waals surface area contributed by atoms with E-state index >= 15 is 0 Å². The number of aromatic carboxylic acids is 1. The van der Waals surface area contributed by atoms with Gasteiger partial charge in [0.15, 0.2) is 11.6 Å². The molecule has 3 nitrogen and oxygen atoms in total. The van der Waals surface area contributed by atoms with Gasteiger partial charge in [0.1, 0.15) is 0 Å². The summed E-state index contributed by atoms with van der Waals surface area (Å²) in [7, 11) is 1.27. The Bertz CT molecular complexity index is 363. The Labute approximate surface area is 78.9 Å². The molecule has 0 atom stereocenters. The summed E-state index contributed by atoms with van der Waals surface area (Å²) in [6.45, 7) is -0.273. The highest BCUT2D eigenvalue weighted by Crippen LogP contribution is 2.17. The van der Waals surface area contributed by atoms with Crippen molar-refractivity contribution in [1.29, 1.82) is 0 Å². The molecule has 1 aromatic rings. The second kappa shape index (κ2) is 4.15. The summed E-state index contributed by atoms with van der Waals surface area (Å²) in [5.74, 6) is -3.57. The lowest BCUT2D eigenvalue weighted by molar-refractivity contribution is 0.0690. The van der Waals surface area contributed by atoms with Crippen molar-refractivity contribution >= 4 is 5.97 Å². The molecule has 0 saturated heterocycles. The van der Waals surface area contributed by atoms with Crippen LogP contribution < -0.4 is 0 Å². The molecule has 5 heteroatoms. The van der Waals surface area contributed by atoms with Gasteiger partial charge in [-0.05, 0) is 12.1 Å². The van der Waals surface area contributed by atoms with Crippen LogP contribution in [0.15, 0.2) is 12.1 Å². The zero-order chi connectivity index (χ0) is 10.7. The maximum Gasteiger partial charge on any atom is 0.336 e. The highest BCUT2D eigenvalue weighted by molar-refractivity contribution is 5.89. The van der Waals surface area contributed by atoms with Crippen LogP contribution in [0, 0.1) is 11.6 Å². The molecule has 0 fully saturated rings. The summed E-state index contributed by atoms with van der Waals surface area (Å²) in [6.07, 6.45) is 0. The molecule has 0 heterocycles. The van der Waals surface area contributed by atoms with Crippen LogP contribution in [-0.4, -0.2) is 18.2 Å². The zero-order valence-corrected chi connectivity index (χ0v) is 7.38. The number of hydrogen-bond donors (Lipinski definition) is 1. The molecule has 1 aromatic carbocycles. The number of carboxylic acid groups (broad SMARTS) is 1. The van der Waals surface area contributed by atoms with Gasteiger partial charge in [-0.2, -0.15) is 0 Å². The first kappa shape index (κ1) is 10.6. The van der Waals surface area contributed by atoms with Crippen LogP contribution in [0.5, 0.6) is 0 Å². The fraction of sp³-hybridized carbons (Fsp3) is 0.222. The summed E-state index contributed by atoms with van der Waals surface area (Å²) >= 11 is 0. The third kappa shape index (κ3) is 1.88. The SMILES string of the molecule is COCc1c(C(=O)O)ccc(F)c1F. The summed E-state index contributed by atoms with van der Waals surface area (Å²) in [5, 5.41) is 8.66. The van der Waals surface area contributed by atoms with Gasteiger partial charge in [-0.1, -0.05) is 0 Å². The van der Waals surface area contributed by atoms with Crippen LogP contribution in [0.3, 0.4) is 0 Å². The average Bonchev–Trinajstić information content (AvgIpc) is 2.13. The molecule has 1 N–H and O–H groups in total. The van der Waals surface area contributed by atoms with Gasteiger partial charge in [0.05, 0.1) is 12.2 Å². The summed E-state index contributed by atoms with van der Waals surface area (Å²) in [4.78, 5) is 10.6. The standard InChI is InChI=1S/C9H8F2O3/c1-14-4-6-5(9(12)13)2-3-7(10)8(6)11/h2-3H,4H2,1H3,(H,12,13). The van der Waals surface area contributed by atoms with Crippen LogP contribution in [0.1, 0.15) is 15.9 Å². The third-order valence-electron chi connectivity index (χ3n) is 1.72. The highest BCUT2D eigenvalue weighted by atomic mass is 19.2. The van der Waals surface area contributed by atoms with Crippen molar-refractivity contribution in [2.45, 2.75) is 6.61 Å². The van der Waals surface area contributed by atoms with Crippen molar-refractivity contribution in [3.63, 3.8) is 0 Å². The summed E-state index contributed by atoms with van der Waals surface area (Å²) < 4.78 is 30.4. The molecule has 0 aliphatic carbocycles. The normalized spacial score (nSPS) is 10.2. The molecule has 0 aromatic heterocycles. The Morgan fingerprint density at radius 2 is 2.14 bits per heavy atom. The molecule has 1 rings (SSSR count). The summed E-state index contributed by atoms with van der Waals surface area (Å²) in [6, 6.07) is 1.78. The van der Waals surface area contributed by atoms with Gasteiger partial charge in [0, 0.05) is 12.7 Å². The molecule has 0 spiro atoms. The van der Waals surface area contributed by atoms with Crippen LogP contribution in [0.2, 0.25) is 0 Å². The minimum absolute atomic E-state index is 0.273. The van der Waals surface area contributed by atoms with Gasteiger partial charge in [-0.25, -0.2) is 13.6 Å². The van der Waals surface area contributed by atoms with E-state index in [4.69, 9.17) is 5.11 Å². The van der Waals surface area contributed by atoms with Gasteiger partial charge in [0.2, 0.25) is 0 Å². The Balaban J connectivity index is 3.29. The Kier molecular flexibility index (Phi) is 3.14. The number of carboxylic acids is 1. The number of methoxy groups -OCH3 is 1. The highest BCUT2D eigenvalue weighted by Gasteiger charge is 2.17. The minimum Gasteiger partial charge on any atom is -0.478 e. The molecule has 0 saturated carbocycles. The molecular formula is C9H8F2O3. The van der Waals surface area contributed by atoms with E-state index in [1.807, 2.05) is 0 Å². The maximum atomic E-state index is 13.1. The Morgan fingerprint density at radius 3 is 2.64 bits per heavy atom. The minimum atomic E-state index is -1.31. The van der Waals surface area contributed by atoms with Gasteiger partial charge in [-0.15, -0.1) is 0 Å². The van der Waals surface area contributed by atoms with Crippen molar-refractivity contribution in [3.8, 4) is 0 Å². The quantitative estimate of drug-likeness (QED) is 0.813. The van der Waals surface area contributed by atoms with Crippen LogP contribution >= 0.6 is 0 Å². The van der Waals surface area contributed by atoms with Crippen LogP contribution in [-0.2, 0) is 11.3 Å². The summed E-state index contributed by atoms with van der Waals surface area (Å²) in [5.41, 5.74) is -0.564. The van der Waals surface area contributed by atoms with Crippen molar-refractivity contribution in [2.75, 3.05) is 7.11 Å². The first-order valence-corrected chi connectivity index (χ1v) is 3.77.